The number of carbonyl (C=O) groups is 2. The van der Waals surface area contributed by atoms with E-state index in [1.165, 1.54) is 12.1 Å². The lowest BCUT2D eigenvalue weighted by molar-refractivity contribution is -0.145. The Morgan fingerprint density at radius 1 is 1.42 bits per heavy atom. The molecule has 0 aliphatic carbocycles. The summed E-state index contributed by atoms with van der Waals surface area (Å²) in [4.78, 5) is 26.2. The van der Waals surface area contributed by atoms with E-state index in [1.807, 2.05) is 13.1 Å². The molecule has 0 saturated carbocycles. The smallest absolute Gasteiger partial charge is 0.253 e. The van der Waals surface area contributed by atoms with E-state index in [1.54, 1.807) is 23.6 Å². The molecule has 3 rings (SSSR count). The number of nitrogens with zero attached hydrogens (tertiary/aromatic N) is 1. The minimum Gasteiger partial charge on any atom is -0.504 e. The summed E-state index contributed by atoms with van der Waals surface area (Å²) in [5.41, 5.74) is 7.82. The Kier molecular flexibility index (Phi) is 4.18. The molecule has 2 unspecified atom stereocenters. The van der Waals surface area contributed by atoms with Gasteiger partial charge in [0.1, 0.15) is 17.5 Å². The first-order chi connectivity index (χ1) is 11.3. The third-order valence-electron chi connectivity index (χ3n) is 4.29. The van der Waals surface area contributed by atoms with E-state index in [2.05, 4.69) is 5.32 Å². The van der Waals surface area contributed by atoms with Crippen LogP contribution in [0.4, 0.5) is 0 Å². The van der Waals surface area contributed by atoms with Crippen molar-refractivity contribution in [3.63, 3.8) is 0 Å². The van der Waals surface area contributed by atoms with Gasteiger partial charge in [0, 0.05) is 12.0 Å². The van der Waals surface area contributed by atoms with Crippen LogP contribution in [0.5, 0.6) is 11.5 Å². The van der Waals surface area contributed by atoms with Gasteiger partial charge in [-0.1, -0.05) is 6.07 Å². The summed E-state index contributed by atoms with van der Waals surface area (Å²) < 4.78 is 0. The van der Waals surface area contributed by atoms with Crippen molar-refractivity contribution in [2.75, 3.05) is 5.75 Å². The molecular weight excluding hydrogens is 330 g/mol. The van der Waals surface area contributed by atoms with Crippen molar-refractivity contribution in [1.29, 1.82) is 0 Å². The number of β-lactam (4-membered cyclic amide) rings is 1. The lowest BCUT2D eigenvalue weighted by atomic mass is 9.99. The van der Waals surface area contributed by atoms with Crippen molar-refractivity contribution in [2.45, 2.75) is 31.3 Å². The number of benzene rings is 1. The van der Waals surface area contributed by atoms with Gasteiger partial charge in [0.05, 0.1) is 0 Å². The maximum Gasteiger partial charge on any atom is 0.253 e. The van der Waals surface area contributed by atoms with Crippen molar-refractivity contribution >= 4 is 23.6 Å². The van der Waals surface area contributed by atoms with Crippen molar-refractivity contribution < 1.29 is 19.8 Å². The van der Waals surface area contributed by atoms with Gasteiger partial charge in [-0.15, -0.1) is 11.8 Å². The predicted molar refractivity (Wildman–Crippen MR) is 90.2 cm³/mol. The van der Waals surface area contributed by atoms with Gasteiger partial charge in [0.25, 0.3) is 5.91 Å². The zero-order chi connectivity index (χ0) is 17.6. The number of hydrogen-bond donors (Lipinski definition) is 4. The van der Waals surface area contributed by atoms with Crippen molar-refractivity contribution in [1.82, 2.24) is 10.2 Å². The van der Waals surface area contributed by atoms with Crippen LogP contribution in [-0.2, 0) is 9.59 Å². The monoisotopic (exact) mass is 349 g/mol. The second-order valence-electron chi connectivity index (χ2n) is 6.03. The number of rotatable bonds is 3. The molecule has 2 aliphatic rings. The molecule has 1 fully saturated rings. The first kappa shape index (κ1) is 16.7. The molecule has 1 saturated heterocycles. The van der Waals surface area contributed by atoms with E-state index in [0.717, 1.165) is 11.3 Å². The normalized spacial score (nSPS) is 23.9. The van der Waals surface area contributed by atoms with E-state index in [4.69, 9.17) is 5.73 Å². The highest BCUT2D eigenvalue weighted by molar-refractivity contribution is 8.00. The van der Waals surface area contributed by atoms with E-state index < -0.39 is 18.0 Å². The van der Waals surface area contributed by atoms with Crippen molar-refractivity contribution in [2.24, 2.45) is 5.73 Å². The molecule has 5 N–H and O–H groups in total. The molecule has 1 aromatic carbocycles. The topological polar surface area (TPSA) is 116 Å². The molecule has 1 aromatic rings. The summed E-state index contributed by atoms with van der Waals surface area (Å²) in [5, 5.41) is 21.8. The van der Waals surface area contributed by atoms with Gasteiger partial charge in [-0.25, -0.2) is 0 Å². The van der Waals surface area contributed by atoms with Crippen LogP contribution in [0.15, 0.2) is 23.9 Å². The summed E-state index contributed by atoms with van der Waals surface area (Å²) in [6.45, 7) is 3.52. The van der Waals surface area contributed by atoms with Crippen molar-refractivity contribution in [3.8, 4) is 11.5 Å². The van der Waals surface area contributed by atoms with E-state index in [-0.39, 0.29) is 22.8 Å². The van der Waals surface area contributed by atoms with Crippen LogP contribution in [0, 0.1) is 6.92 Å². The quantitative estimate of drug-likeness (QED) is 0.472. The summed E-state index contributed by atoms with van der Waals surface area (Å²) in [6, 6.07) is 1.14. The molecule has 2 aliphatic heterocycles. The summed E-state index contributed by atoms with van der Waals surface area (Å²) >= 11 is 1.60. The Labute approximate surface area is 143 Å². The van der Waals surface area contributed by atoms with Crippen LogP contribution in [0.3, 0.4) is 0 Å². The van der Waals surface area contributed by atoms with Crippen LogP contribution in [0.25, 0.3) is 0 Å². The fourth-order valence-electron chi connectivity index (χ4n) is 2.85. The lowest BCUT2D eigenvalue weighted by Crippen LogP contribution is -2.69. The molecule has 0 bridgehead atoms. The number of aromatic hydroxyl groups is 2. The number of nitrogens with two attached hydrogens (primary N) is 1. The summed E-state index contributed by atoms with van der Waals surface area (Å²) in [7, 11) is 0. The van der Waals surface area contributed by atoms with E-state index in [0.29, 0.717) is 11.1 Å². The fraction of sp³-hybridized carbons (Fsp3) is 0.375. The van der Waals surface area contributed by atoms with Crippen molar-refractivity contribution in [3.05, 3.63) is 35.0 Å². The Bertz CT molecular complexity index is 749. The molecule has 0 radical (unpaired) electrons. The van der Waals surface area contributed by atoms with Gasteiger partial charge in [0.15, 0.2) is 11.5 Å². The van der Waals surface area contributed by atoms with Gasteiger partial charge in [-0.05, 0) is 36.6 Å². The van der Waals surface area contributed by atoms with E-state index in [9.17, 15) is 19.8 Å². The molecule has 2 heterocycles. The first-order valence-corrected chi connectivity index (χ1v) is 8.54. The van der Waals surface area contributed by atoms with Crippen LogP contribution in [-0.4, -0.2) is 44.1 Å². The summed E-state index contributed by atoms with van der Waals surface area (Å²) in [5.74, 6) is -0.400. The summed E-state index contributed by atoms with van der Waals surface area (Å²) in [6.07, 6.45) is 1.81. The van der Waals surface area contributed by atoms with Gasteiger partial charge >= 0.3 is 0 Å². The zero-order valence-electron chi connectivity index (χ0n) is 13.3. The lowest BCUT2D eigenvalue weighted by Gasteiger charge is -2.47. The molecule has 2 amide bonds. The third-order valence-corrected chi connectivity index (χ3v) is 5.75. The first-order valence-electron chi connectivity index (χ1n) is 7.49. The second-order valence-corrected chi connectivity index (χ2v) is 7.14. The molecular formula is C16H19N3O4S. The number of carbonyl (C=O) groups excluding carboxylic acids is 2. The van der Waals surface area contributed by atoms with Gasteiger partial charge in [-0.2, -0.15) is 0 Å². The van der Waals surface area contributed by atoms with Gasteiger partial charge in [-0.3, -0.25) is 9.59 Å². The number of phenols is 2. The maximum atomic E-state index is 12.4. The Morgan fingerprint density at radius 2 is 2.12 bits per heavy atom. The minimum absolute atomic E-state index is 0.105. The number of phenolic OH excluding ortho intramolecular Hbond substituents is 2. The predicted octanol–water partition coefficient (Wildman–Crippen LogP) is 0.710. The Hall–Kier alpha value is -2.19. The average molecular weight is 349 g/mol. The maximum absolute atomic E-state index is 12.4. The number of nitrogens with one attached hydrogen (secondary N) is 1. The molecule has 8 heteroatoms. The molecule has 128 valence electrons. The highest BCUT2D eigenvalue weighted by Crippen LogP contribution is 2.36. The number of fused-ring (bicyclic) bond motifs is 1. The third kappa shape index (κ3) is 2.61. The molecule has 7 nitrogen and oxygen atoms in total. The van der Waals surface area contributed by atoms with Gasteiger partial charge in [0.2, 0.25) is 5.91 Å². The molecule has 24 heavy (non-hydrogen) atoms. The van der Waals surface area contributed by atoms with Crippen LogP contribution >= 0.6 is 11.8 Å². The minimum atomic E-state index is -1.04. The fourth-order valence-corrected chi connectivity index (χ4v) is 4.06. The molecule has 0 aromatic heterocycles. The Balaban J connectivity index is 1.72. The number of hydrogen-bond acceptors (Lipinski definition) is 6. The van der Waals surface area contributed by atoms with Crippen LogP contribution < -0.4 is 11.1 Å². The Morgan fingerprint density at radius 3 is 2.83 bits per heavy atom. The SMILES string of the molecule is CC1=CN2C(=O)C(NC(=O)C(N)c3ccc(O)c(O)c3C)[C@H]2SC1. The van der Waals surface area contributed by atoms with Gasteiger partial charge < -0.3 is 26.2 Å². The molecule has 0 spiro atoms. The van der Waals surface area contributed by atoms with E-state index >= 15 is 0 Å². The van der Waals surface area contributed by atoms with Crippen LogP contribution in [0.1, 0.15) is 24.1 Å². The standard InChI is InChI=1S/C16H19N3O4S/c1-7-5-19-15(23)12(16(19)24-6-7)18-14(22)11(17)9-3-4-10(20)13(21)8(9)2/h3-5,11-12,16,20-21H,6,17H2,1-2H3,(H,18,22)/t11?,12?,16-/m1/s1. The second kappa shape index (κ2) is 6.03. The number of thioether (sulfide) groups is 1. The largest absolute Gasteiger partial charge is 0.504 e. The zero-order valence-corrected chi connectivity index (χ0v) is 14.1. The average Bonchev–Trinajstić information content (AvgIpc) is 2.57. The number of amides is 2. The molecule has 3 atom stereocenters. The highest BCUT2D eigenvalue weighted by Gasteiger charge is 2.49. The highest BCUT2D eigenvalue weighted by atomic mass is 32.2. The van der Waals surface area contributed by atoms with Crippen LogP contribution in [0.2, 0.25) is 0 Å².